The zero-order valence-electron chi connectivity index (χ0n) is 10.3. The average Bonchev–Trinajstić information content (AvgIpc) is 2.80. The van der Waals surface area contributed by atoms with E-state index in [9.17, 15) is 0 Å². The number of nitrogens with two attached hydrogens (primary N) is 1. The van der Waals surface area contributed by atoms with Crippen molar-refractivity contribution >= 4 is 27.3 Å². The zero-order valence-corrected chi connectivity index (χ0v) is 12.7. The number of hydrogen-bond donors (Lipinski definition) is 1. The van der Waals surface area contributed by atoms with Gasteiger partial charge in [0.2, 0.25) is 0 Å². The molecule has 0 spiro atoms. The quantitative estimate of drug-likeness (QED) is 0.927. The summed E-state index contributed by atoms with van der Waals surface area (Å²) in [6, 6.07) is 2.83. The third kappa shape index (κ3) is 2.90. The third-order valence-electron chi connectivity index (χ3n) is 3.30. The van der Waals surface area contributed by atoms with E-state index in [4.69, 9.17) is 10.5 Å². The van der Waals surface area contributed by atoms with Gasteiger partial charge in [0.1, 0.15) is 0 Å². The molecule has 2 atom stereocenters. The Morgan fingerprint density at radius 3 is 3.00 bits per heavy atom. The molecule has 0 saturated carbocycles. The molecule has 1 fully saturated rings. The van der Waals surface area contributed by atoms with Crippen LogP contribution in [-0.2, 0) is 4.74 Å². The molecule has 1 aliphatic rings. The van der Waals surface area contributed by atoms with E-state index in [1.165, 1.54) is 14.2 Å². The Labute approximate surface area is 115 Å². The molecule has 1 aromatic rings. The molecule has 0 aliphatic carbocycles. The molecule has 2 rings (SSSR count). The fraction of sp³-hybridized carbons (Fsp3) is 0.667. The average molecular weight is 319 g/mol. The molecule has 0 radical (unpaired) electrons. The Morgan fingerprint density at radius 1 is 1.65 bits per heavy atom. The number of likely N-dealkylation sites (tertiary alicyclic amines) is 1. The molecular weight excluding hydrogens is 300 g/mol. The second-order valence-corrected chi connectivity index (χ2v) is 6.62. The van der Waals surface area contributed by atoms with Gasteiger partial charge in [0.15, 0.2) is 0 Å². The molecule has 96 valence electrons. The summed E-state index contributed by atoms with van der Waals surface area (Å²) >= 11 is 5.43. The molecule has 5 heteroatoms. The summed E-state index contributed by atoms with van der Waals surface area (Å²) in [7, 11) is 1.75. The van der Waals surface area contributed by atoms with Crippen LogP contribution >= 0.6 is 27.3 Å². The molecule has 1 aromatic heterocycles. The van der Waals surface area contributed by atoms with Crippen LogP contribution < -0.4 is 5.73 Å². The van der Waals surface area contributed by atoms with Crippen LogP contribution in [0.3, 0.4) is 0 Å². The van der Waals surface area contributed by atoms with Crippen molar-refractivity contribution in [2.24, 2.45) is 5.73 Å². The molecular formula is C12H19BrN2OS. The lowest BCUT2D eigenvalue weighted by atomic mass is 10.1. The zero-order chi connectivity index (χ0) is 12.4. The van der Waals surface area contributed by atoms with Crippen molar-refractivity contribution in [2.75, 3.05) is 26.8 Å². The van der Waals surface area contributed by atoms with Crippen molar-refractivity contribution in [1.29, 1.82) is 0 Å². The van der Waals surface area contributed by atoms with Gasteiger partial charge in [-0.2, -0.15) is 0 Å². The molecule has 2 unspecified atom stereocenters. The minimum atomic E-state index is 0.247. The number of rotatable bonds is 4. The lowest BCUT2D eigenvalue weighted by Crippen LogP contribution is -2.33. The summed E-state index contributed by atoms with van der Waals surface area (Å²) < 4.78 is 6.36. The van der Waals surface area contributed by atoms with Gasteiger partial charge in [-0.05, 0) is 35.3 Å². The van der Waals surface area contributed by atoms with Crippen molar-refractivity contribution in [3.05, 3.63) is 20.3 Å². The fourth-order valence-electron chi connectivity index (χ4n) is 2.36. The van der Waals surface area contributed by atoms with Crippen LogP contribution in [0.2, 0.25) is 0 Å². The van der Waals surface area contributed by atoms with Gasteiger partial charge in [-0.15, -0.1) is 11.3 Å². The van der Waals surface area contributed by atoms with Gasteiger partial charge in [-0.25, -0.2) is 0 Å². The summed E-state index contributed by atoms with van der Waals surface area (Å²) in [4.78, 5) is 5.13. The minimum Gasteiger partial charge on any atom is -0.383 e. The summed E-state index contributed by atoms with van der Waals surface area (Å²) in [5.41, 5.74) is 6.24. The number of thiophene rings is 1. The maximum Gasteiger partial charge on any atom is 0.0595 e. The highest BCUT2D eigenvalue weighted by Gasteiger charge is 2.33. The number of ether oxygens (including phenoxy) is 1. The number of aryl methyl sites for hydroxylation is 1. The van der Waals surface area contributed by atoms with Gasteiger partial charge >= 0.3 is 0 Å². The van der Waals surface area contributed by atoms with Gasteiger partial charge in [0.05, 0.1) is 12.6 Å². The van der Waals surface area contributed by atoms with E-state index in [-0.39, 0.29) is 6.04 Å². The van der Waals surface area contributed by atoms with E-state index < -0.39 is 0 Å². The van der Waals surface area contributed by atoms with E-state index in [1.807, 2.05) is 11.3 Å². The highest BCUT2D eigenvalue weighted by molar-refractivity contribution is 9.10. The second kappa shape index (κ2) is 5.80. The third-order valence-corrected chi connectivity index (χ3v) is 5.51. The Morgan fingerprint density at radius 2 is 2.41 bits per heavy atom. The Bertz CT molecular complexity index is 363. The molecule has 2 N–H and O–H groups in total. The van der Waals surface area contributed by atoms with Crippen molar-refractivity contribution in [2.45, 2.75) is 25.4 Å². The Kier molecular flexibility index (Phi) is 4.60. The standard InChI is InChI=1S/C12H19BrN2OS/c1-8-9(13)7-11(17-8)12-10(14)3-4-15(12)5-6-16-2/h7,10,12H,3-6,14H2,1-2H3. The lowest BCUT2D eigenvalue weighted by molar-refractivity contribution is 0.140. The van der Waals surface area contributed by atoms with Crippen LogP contribution in [0.15, 0.2) is 10.5 Å². The molecule has 17 heavy (non-hydrogen) atoms. The van der Waals surface area contributed by atoms with E-state index in [2.05, 4.69) is 33.8 Å². The van der Waals surface area contributed by atoms with Crippen molar-refractivity contribution in [3.8, 4) is 0 Å². The summed E-state index contributed by atoms with van der Waals surface area (Å²) in [5, 5.41) is 0. The maximum atomic E-state index is 6.24. The minimum absolute atomic E-state index is 0.247. The monoisotopic (exact) mass is 318 g/mol. The van der Waals surface area contributed by atoms with Gasteiger partial charge in [-0.1, -0.05) is 0 Å². The predicted octanol–water partition coefficient (Wildman–Crippen LogP) is 2.54. The highest BCUT2D eigenvalue weighted by Crippen LogP contribution is 2.38. The maximum absolute atomic E-state index is 6.24. The highest BCUT2D eigenvalue weighted by atomic mass is 79.9. The van der Waals surface area contributed by atoms with Crippen LogP contribution in [0.5, 0.6) is 0 Å². The molecule has 1 aliphatic heterocycles. The number of methoxy groups -OCH3 is 1. The first-order valence-corrected chi connectivity index (χ1v) is 7.49. The molecule has 0 aromatic carbocycles. The first-order chi connectivity index (χ1) is 8.13. The predicted molar refractivity (Wildman–Crippen MR) is 75.5 cm³/mol. The van der Waals surface area contributed by atoms with Gasteiger partial charge in [-0.3, -0.25) is 4.90 Å². The summed E-state index contributed by atoms with van der Waals surface area (Å²) in [6.07, 6.45) is 1.07. The molecule has 1 saturated heterocycles. The molecule has 3 nitrogen and oxygen atoms in total. The van der Waals surface area contributed by atoms with Crippen molar-refractivity contribution in [3.63, 3.8) is 0 Å². The molecule has 0 bridgehead atoms. The Hall–Kier alpha value is 0.0600. The Balaban J connectivity index is 2.15. The summed E-state index contributed by atoms with van der Waals surface area (Å²) in [6.45, 7) is 4.94. The van der Waals surface area contributed by atoms with Crippen LogP contribution in [0.1, 0.15) is 22.2 Å². The topological polar surface area (TPSA) is 38.5 Å². The van der Waals surface area contributed by atoms with E-state index in [0.717, 1.165) is 26.1 Å². The van der Waals surface area contributed by atoms with Gasteiger partial charge < -0.3 is 10.5 Å². The van der Waals surface area contributed by atoms with Crippen molar-refractivity contribution in [1.82, 2.24) is 4.90 Å². The number of nitrogens with zero attached hydrogens (tertiary/aromatic N) is 1. The largest absolute Gasteiger partial charge is 0.383 e. The van der Waals surface area contributed by atoms with E-state index >= 15 is 0 Å². The SMILES string of the molecule is COCCN1CCC(N)C1c1cc(Br)c(C)s1. The summed E-state index contributed by atoms with van der Waals surface area (Å²) in [5.74, 6) is 0. The smallest absolute Gasteiger partial charge is 0.0595 e. The fourth-order valence-corrected chi connectivity index (χ4v) is 4.13. The van der Waals surface area contributed by atoms with E-state index in [0.29, 0.717) is 6.04 Å². The van der Waals surface area contributed by atoms with Crippen molar-refractivity contribution < 1.29 is 4.74 Å². The number of hydrogen-bond acceptors (Lipinski definition) is 4. The van der Waals surface area contributed by atoms with Gasteiger partial charge in [0.25, 0.3) is 0 Å². The number of halogens is 1. The lowest BCUT2D eigenvalue weighted by Gasteiger charge is -2.25. The van der Waals surface area contributed by atoms with Gasteiger partial charge in [0, 0.05) is 40.5 Å². The normalized spacial score (nSPS) is 25.6. The van der Waals surface area contributed by atoms with E-state index in [1.54, 1.807) is 7.11 Å². The first kappa shape index (κ1) is 13.5. The van der Waals surface area contributed by atoms with Crippen LogP contribution in [0.25, 0.3) is 0 Å². The second-order valence-electron chi connectivity index (χ2n) is 4.48. The first-order valence-electron chi connectivity index (χ1n) is 5.88. The molecule has 0 amide bonds. The molecule has 2 heterocycles. The van der Waals surface area contributed by atoms with Crippen LogP contribution in [-0.4, -0.2) is 37.7 Å². The van der Waals surface area contributed by atoms with Crippen LogP contribution in [0, 0.1) is 6.92 Å². The van der Waals surface area contributed by atoms with Crippen LogP contribution in [0.4, 0.5) is 0 Å².